The minimum absolute atomic E-state index is 0.145. The molecule has 5 rings (SSSR count). The van der Waals surface area contributed by atoms with E-state index in [1.165, 1.54) is 19.3 Å². The Labute approximate surface area is 220 Å². The van der Waals surface area contributed by atoms with Crippen LogP contribution in [0.25, 0.3) is 11.2 Å². The van der Waals surface area contributed by atoms with Gasteiger partial charge in [0.15, 0.2) is 11.3 Å². The second-order valence-electron chi connectivity index (χ2n) is 9.79. The van der Waals surface area contributed by atoms with Gasteiger partial charge in [0.05, 0.1) is 12.2 Å². The number of hydrogen-bond donors (Lipinski definition) is 3. The highest BCUT2D eigenvalue weighted by Gasteiger charge is 2.34. The number of amidine groups is 1. The smallest absolute Gasteiger partial charge is 0.180 e. The molecule has 0 radical (unpaired) electrons. The molecule has 9 nitrogen and oxygen atoms in total. The summed E-state index contributed by atoms with van der Waals surface area (Å²) >= 11 is 12.6. The fourth-order valence-electron chi connectivity index (χ4n) is 5.61. The van der Waals surface area contributed by atoms with E-state index in [0.29, 0.717) is 33.8 Å². The topological polar surface area (TPSA) is 120 Å². The Hall–Kier alpha value is -2.46. The van der Waals surface area contributed by atoms with Gasteiger partial charge in [-0.05, 0) is 57.0 Å². The number of fused-ring (bicyclic) bond motifs is 1. The predicted octanol–water partition coefficient (Wildman–Crippen LogP) is 3.70. The lowest BCUT2D eigenvalue weighted by Crippen LogP contribution is -2.53. The number of piperidine rings is 2. The van der Waals surface area contributed by atoms with Crippen LogP contribution in [0, 0.1) is 11.3 Å². The Kier molecular flexibility index (Phi) is 7.35. The van der Waals surface area contributed by atoms with Gasteiger partial charge in [-0.1, -0.05) is 35.7 Å². The molecule has 2 fully saturated rings. The van der Waals surface area contributed by atoms with Gasteiger partial charge >= 0.3 is 0 Å². The Morgan fingerprint density at radius 3 is 2.69 bits per heavy atom. The average molecular weight is 531 g/mol. The lowest BCUT2D eigenvalue weighted by atomic mass is 9.90. The van der Waals surface area contributed by atoms with Crippen LogP contribution in [-0.4, -0.2) is 74.4 Å². The van der Waals surface area contributed by atoms with Gasteiger partial charge in [-0.15, -0.1) is 0 Å². The molecule has 4 N–H and O–H groups in total. The third-order valence-corrected chi connectivity index (χ3v) is 8.10. The highest BCUT2D eigenvalue weighted by Crippen LogP contribution is 2.32. The molecule has 4 heterocycles. The van der Waals surface area contributed by atoms with Gasteiger partial charge in [-0.25, -0.2) is 14.6 Å². The van der Waals surface area contributed by atoms with Crippen molar-refractivity contribution in [1.29, 1.82) is 5.41 Å². The summed E-state index contributed by atoms with van der Waals surface area (Å²) in [7, 11) is 0. The Morgan fingerprint density at radius 2 is 2.00 bits per heavy atom. The number of hydrogen-bond acceptors (Lipinski definition) is 7. The first-order valence-electron chi connectivity index (χ1n) is 12.5. The zero-order chi connectivity index (χ0) is 25.4. The monoisotopic (exact) mass is 530 g/mol. The van der Waals surface area contributed by atoms with Crippen molar-refractivity contribution in [3.05, 3.63) is 45.7 Å². The first kappa shape index (κ1) is 25.2. The predicted molar refractivity (Wildman–Crippen MR) is 143 cm³/mol. The molecule has 192 valence electrons. The van der Waals surface area contributed by atoms with Gasteiger partial charge in [0.1, 0.15) is 17.2 Å². The molecule has 2 aliphatic heterocycles. The number of benzene rings is 1. The van der Waals surface area contributed by atoms with E-state index in [9.17, 15) is 5.11 Å². The standard InChI is InChI=1S/C25H32Cl2N8O/c1-15(18-6-5-17(26)11-19(18)27)35-25-23(22(32-35)24(28)29)30-12-21(31-25)34-10-7-20(16(13-34)14-36)33-8-3-2-4-9-33/h5-6,11-12,15-16,20,36H,2-4,7-10,13-14H2,1H3,(H3,28,29). The van der Waals surface area contributed by atoms with Crippen LogP contribution < -0.4 is 10.6 Å². The van der Waals surface area contributed by atoms with E-state index in [2.05, 4.69) is 19.9 Å². The van der Waals surface area contributed by atoms with E-state index in [0.717, 1.165) is 37.4 Å². The summed E-state index contributed by atoms with van der Waals surface area (Å²) in [5.74, 6) is 0.709. The van der Waals surface area contributed by atoms with E-state index in [1.54, 1.807) is 23.0 Å². The molecule has 0 saturated carbocycles. The third-order valence-electron chi connectivity index (χ3n) is 7.54. The summed E-state index contributed by atoms with van der Waals surface area (Å²) < 4.78 is 1.72. The fourth-order valence-corrected chi connectivity index (χ4v) is 6.18. The normalized spacial score (nSPS) is 22.2. The Balaban J connectivity index is 1.48. The molecule has 0 spiro atoms. The van der Waals surface area contributed by atoms with Crippen LogP contribution >= 0.6 is 23.2 Å². The lowest BCUT2D eigenvalue weighted by molar-refractivity contribution is 0.0676. The van der Waals surface area contributed by atoms with Gasteiger partial charge in [0.25, 0.3) is 0 Å². The molecule has 3 unspecified atom stereocenters. The molecule has 0 aliphatic carbocycles. The minimum atomic E-state index is -0.287. The summed E-state index contributed by atoms with van der Waals surface area (Å²) in [6, 6.07) is 5.46. The second-order valence-corrected chi connectivity index (χ2v) is 10.6. The van der Waals surface area contributed by atoms with Gasteiger partial charge in [0.2, 0.25) is 0 Å². The van der Waals surface area contributed by atoms with Crippen LogP contribution in [0.5, 0.6) is 0 Å². The maximum Gasteiger partial charge on any atom is 0.180 e. The van der Waals surface area contributed by atoms with Crippen molar-refractivity contribution in [3.63, 3.8) is 0 Å². The van der Waals surface area contributed by atoms with E-state index in [-0.39, 0.29) is 30.1 Å². The van der Waals surface area contributed by atoms with Gasteiger partial charge in [-0.2, -0.15) is 5.10 Å². The Morgan fingerprint density at radius 1 is 1.22 bits per heavy atom. The zero-order valence-corrected chi connectivity index (χ0v) is 21.9. The number of nitrogen functional groups attached to an aromatic ring is 1. The van der Waals surface area contributed by atoms with Crippen LogP contribution in [0.4, 0.5) is 5.82 Å². The van der Waals surface area contributed by atoms with E-state index in [4.69, 9.17) is 39.3 Å². The van der Waals surface area contributed by atoms with E-state index >= 15 is 0 Å². The Bertz CT molecular complexity index is 1260. The van der Waals surface area contributed by atoms with Crippen molar-refractivity contribution >= 4 is 46.0 Å². The van der Waals surface area contributed by atoms with Crippen molar-refractivity contribution in [2.24, 2.45) is 11.7 Å². The lowest BCUT2D eigenvalue weighted by Gasteiger charge is -2.45. The van der Waals surface area contributed by atoms with Crippen LogP contribution in [0.15, 0.2) is 24.4 Å². The van der Waals surface area contributed by atoms with Crippen molar-refractivity contribution in [1.82, 2.24) is 24.6 Å². The maximum absolute atomic E-state index is 10.2. The molecular formula is C25H32Cl2N8O. The van der Waals surface area contributed by atoms with E-state index < -0.39 is 0 Å². The SMILES string of the molecule is CC(c1ccc(Cl)cc1Cl)n1nc(C(=N)N)c2ncc(N3CCC(N4CCCCC4)C(CO)C3)nc21. The second kappa shape index (κ2) is 10.5. The van der Waals surface area contributed by atoms with E-state index in [1.807, 2.05) is 13.0 Å². The van der Waals surface area contributed by atoms with Crippen LogP contribution in [0.1, 0.15) is 49.9 Å². The number of rotatable bonds is 6. The average Bonchev–Trinajstić information content (AvgIpc) is 3.28. The number of aliphatic hydroxyl groups excluding tert-OH is 1. The van der Waals surface area contributed by atoms with Crippen molar-refractivity contribution < 1.29 is 5.11 Å². The maximum atomic E-state index is 10.2. The summed E-state index contributed by atoms with van der Waals surface area (Å²) in [4.78, 5) is 14.3. The summed E-state index contributed by atoms with van der Waals surface area (Å²) in [5.41, 5.74) is 7.97. The molecule has 0 bridgehead atoms. The van der Waals surface area contributed by atoms with Gasteiger partial charge in [0, 0.05) is 41.7 Å². The molecule has 0 amide bonds. The number of nitrogens with zero attached hydrogens (tertiary/aromatic N) is 6. The number of aliphatic hydroxyl groups is 1. The highest BCUT2D eigenvalue weighted by atomic mass is 35.5. The number of nitrogens with one attached hydrogen (secondary N) is 1. The van der Waals surface area contributed by atoms with Gasteiger partial charge in [-0.3, -0.25) is 10.3 Å². The van der Waals surface area contributed by atoms with Crippen LogP contribution in [0.3, 0.4) is 0 Å². The minimum Gasteiger partial charge on any atom is -0.396 e. The molecule has 1 aromatic carbocycles. The molecule has 36 heavy (non-hydrogen) atoms. The summed E-state index contributed by atoms with van der Waals surface area (Å²) in [5, 5.41) is 23.9. The quantitative estimate of drug-likeness (QED) is 0.328. The van der Waals surface area contributed by atoms with Crippen molar-refractivity contribution in [2.75, 3.05) is 37.7 Å². The molecule has 2 aromatic heterocycles. The number of nitrogens with two attached hydrogens (primary N) is 1. The third kappa shape index (κ3) is 4.77. The molecule has 2 aliphatic rings. The van der Waals surface area contributed by atoms with Gasteiger partial charge < -0.3 is 15.7 Å². The first-order chi connectivity index (χ1) is 17.4. The van der Waals surface area contributed by atoms with Crippen molar-refractivity contribution in [3.8, 4) is 0 Å². The number of halogens is 2. The summed E-state index contributed by atoms with van der Waals surface area (Å²) in [6.07, 6.45) is 6.46. The fraction of sp³-hybridized carbons (Fsp3) is 0.520. The van der Waals surface area contributed by atoms with Crippen LogP contribution in [-0.2, 0) is 0 Å². The molecule has 3 atom stereocenters. The largest absolute Gasteiger partial charge is 0.396 e. The number of aromatic nitrogens is 4. The summed E-state index contributed by atoms with van der Waals surface area (Å²) in [6.45, 7) is 5.89. The molecule has 3 aromatic rings. The molecular weight excluding hydrogens is 499 g/mol. The molecule has 2 saturated heterocycles. The molecule has 11 heteroatoms. The zero-order valence-electron chi connectivity index (χ0n) is 20.4. The number of anilines is 1. The first-order valence-corrected chi connectivity index (χ1v) is 13.3. The number of likely N-dealkylation sites (tertiary alicyclic amines) is 1. The highest BCUT2D eigenvalue weighted by molar-refractivity contribution is 6.35. The van der Waals surface area contributed by atoms with Crippen molar-refractivity contribution in [2.45, 2.75) is 44.7 Å². The van der Waals surface area contributed by atoms with Crippen LogP contribution in [0.2, 0.25) is 10.0 Å².